The van der Waals surface area contributed by atoms with Crippen molar-refractivity contribution in [2.75, 3.05) is 7.05 Å². The lowest BCUT2D eigenvalue weighted by molar-refractivity contribution is 0.600. The van der Waals surface area contributed by atoms with Gasteiger partial charge in [-0.15, -0.1) is 0 Å². The first-order valence-electron chi connectivity index (χ1n) is 6.61. The third-order valence-electron chi connectivity index (χ3n) is 3.49. The molecule has 0 aliphatic rings. The number of hydrogen-bond acceptors (Lipinski definition) is 2. The van der Waals surface area contributed by atoms with E-state index in [0.717, 1.165) is 17.9 Å². The third-order valence-corrected chi connectivity index (χ3v) is 3.49. The Hall–Kier alpha value is -1.68. The second-order valence-corrected chi connectivity index (χ2v) is 4.67. The van der Waals surface area contributed by atoms with Crippen molar-refractivity contribution < 1.29 is 4.39 Å². The Kier molecular flexibility index (Phi) is 4.32. The van der Waals surface area contributed by atoms with Gasteiger partial charge in [-0.25, -0.2) is 9.37 Å². The predicted octanol–water partition coefficient (Wildman–Crippen LogP) is 2.91. The lowest BCUT2D eigenvalue weighted by Gasteiger charge is -2.13. The van der Waals surface area contributed by atoms with E-state index < -0.39 is 0 Å². The maximum absolute atomic E-state index is 13.9. The van der Waals surface area contributed by atoms with Gasteiger partial charge >= 0.3 is 0 Å². The average Bonchev–Trinajstić information content (AvgIpc) is 2.87. The second-order valence-electron chi connectivity index (χ2n) is 4.67. The van der Waals surface area contributed by atoms with Crippen LogP contribution in [0.4, 0.5) is 4.39 Å². The van der Waals surface area contributed by atoms with Gasteiger partial charge in [-0.05, 0) is 38.1 Å². The maximum atomic E-state index is 13.9. The van der Waals surface area contributed by atoms with Crippen LogP contribution in [0.15, 0.2) is 30.6 Å². The quantitative estimate of drug-likeness (QED) is 0.897. The van der Waals surface area contributed by atoms with Gasteiger partial charge in [0, 0.05) is 31.4 Å². The molecule has 0 amide bonds. The van der Waals surface area contributed by atoms with Crippen LogP contribution in [0.2, 0.25) is 0 Å². The molecule has 0 bridgehead atoms. The minimum Gasteiger partial charge on any atom is -0.335 e. The van der Waals surface area contributed by atoms with Gasteiger partial charge in [-0.1, -0.05) is 12.1 Å². The molecule has 0 aliphatic carbocycles. The van der Waals surface area contributed by atoms with Crippen LogP contribution in [0.5, 0.6) is 0 Å². The van der Waals surface area contributed by atoms with Crippen molar-refractivity contribution in [2.45, 2.75) is 32.9 Å². The molecule has 3 nitrogen and oxygen atoms in total. The molecule has 4 heteroatoms. The number of hydrogen-bond donors (Lipinski definition) is 1. The van der Waals surface area contributed by atoms with Crippen molar-refractivity contribution in [3.63, 3.8) is 0 Å². The summed E-state index contributed by atoms with van der Waals surface area (Å²) in [5, 5.41) is 3.17. The lowest BCUT2D eigenvalue weighted by atomic mass is 10.0. The molecular weight excluding hydrogens is 241 g/mol. The molecule has 2 rings (SSSR count). The first kappa shape index (κ1) is 13.7. The van der Waals surface area contributed by atoms with E-state index in [0.29, 0.717) is 12.0 Å². The summed E-state index contributed by atoms with van der Waals surface area (Å²) >= 11 is 0. The molecule has 0 fully saturated rings. The summed E-state index contributed by atoms with van der Waals surface area (Å²) in [5.74, 6) is 0.730. The van der Waals surface area contributed by atoms with E-state index in [1.165, 1.54) is 6.07 Å². The summed E-state index contributed by atoms with van der Waals surface area (Å²) in [4.78, 5) is 4.30. The number of rotatable bonds is 5. The van der Waals surface area contributed by atoms with Gasteiger partial charge in [-0.3, -0.25) is 0 Å². The van der Waals surface area contributed by atoms with Crippen molar-refractivity contribution in [2.24, 2.45) is 0 Å². The Morgan fingerprint density at radius 1 is 1.42 bits per heavy atom. The first-order valence-corrected chi connectivity index (χ1v) is 6.61. The average molecular weight is 261 g/mol. The molecule has 1 aromatic heterocycles. The Balaban J connectivity index is 2.29. The van der Waals surface area contributed by atoms with Gasteiger partial charge in [0.05, 0.1) is 0 Å². The normalized spacial score (nSPS) is 12.6. The maximum Gasteiger partial charge on any atom is 0.126 e. The van der Waals surface area contributed by atoms with Gasteiger partial charge in [-0.2, -0.15) is 0 Å². The number of nitrogens with zero attached hydrogens (tertiary/aromatic N) is 2. The van der Waals surface area contributed by atoms with Crippen LogP contribution in [-0.2, 0) is 13.0 Å². The zero-order valence-corrected chi connectivity index (χ0v) is 11.7. The number of aryl methyl sites for hydroxylation is 1. The minimum atomic E-state index is -0.169. The molecule has 2 aromatic rings. The van der Waals surface area contributed by atoms with Crippen molar-refractivity contribution >= 4 is 0 Å². The van der Waals surface area contributed by atoms with E-state index in [1.807, 2.05) is 29.9 Å². The van der Waals surface area contributed by atoms with E-state index in [1.54, 1.807) is 6.20 Å². The molecule has 0 saturated heterocycles. The number of halogens is 1. The smallest absolute Gasteiger partial charge is 0.126 e. The topological polar surface area (TPSA) is 29.9 Å². The van der Waals surface area contributed by atoms with Crippen LogP contribution in [0.1, 0.15) is 36.8 Å². The molecule has 0 aliphatic heterocycles. The summed E-state index contributed by atoms with van der Waals surface area (Å²) in [5.41, 5.74) is 1.79. The molecule has 0 saturated carbocycles. The highest BCUT2D eigenvalue weighted by atomic mass is 19.1. The molecule has 1 heterocycles. The Labute approximate surface area is 113 Å². The molecule has 0 radical (unpaired) electrons. The van der Waals surface area contributed by atoms with Crippen LogP contribution in [0.25, 0.3) is 0 Å². The highest BCUT2D eigenvalue weighted by Gasteiger charge is 2.10. The monoisotopic (exact) mass is 261 g/mol. The van der Waals surface area contributed by atoms with Gasteiger partial charge in [0.1, 0.15) is 11.6 Å². The molecule has 1 aromatic carbocycles. The molecule has 1 unspecified atom stereocenters. The fourth-order valence-electron chi connectivity index (χ4n) is 2.13. The van der Waals surface area contributed by atoms with Crippen LogP contribution in [-0.4, -0.2) is 16.6 Å². The van der Waals surface area contributed by atoms with Crippen molar-refractivity contribution in [1.29, 1.82) is 0 Å². The van der Waals surface area contributed by atoms with Crippen LogP contribution in [0.3, 0.4) is 0 Å². The standard InChI is InChI=1S/C15H20FN3/c1-4-19-8-7-18-15(19)10-13-9-12(11(2)17-3)5-6-14(13)16/h5-9,11,17H,4,10H2,1-3H3. The Morgan fingerprint density at radius 2 is 2.21 bits per heavy atom. The molecule has 102 valence electrons. The summed E-state index contributed by atoms with van der Waals surface area (Å²) in [6, 6.07) is 5.50. The summed E-state index contributed by atoms with van der Waals surface area (Å²) in [7, 11) is 1.90. The van der Waals surface area contributed by atoms with E-state index in [2.05, 4.69) is 24.1 Å². The van der Waals surface area contributed by atoms with Gasteiger partial charge < -0.3 is 9.88 Å². The predicted molar refractivity (Wildman–Crippen MR) is 74.6 cm³/mol. The molecule has 1 N–H and O–H groups in total. The van der Waals surface area contributed by atoms with Crippen LogP contribution >= 0.6 is 0 Å². The van der Waals surface area contributed by atoms with E-state index >= 15 is 0 Å². The van der Waals surface area contributed by atoms with Crippen molar-refractivity contribution in [1.82, 2.24) is 14.9 Å². The zero-order valence-electron chi connectivity index (χ0n) is 11.7. The molecule has 19 heavy (non-hydrogen) atoms. The first-order chi connectivity index (χ1) is 9.15. The summed E-state index contributed by atoms with van der Waals surface area (Å²) in [6.07, 6.45) is 4.21. The van der Waals surface area contributed by atoms with Gasteiger partial charge in [0.15, 0.2) is 0 Å². The van der Waals surface area contributed by atoms with Gasteiger partial charge in [0.2, 0.25) is 0 Å². The zero-order chi connectivity index (χ0) is 13.8. The number of benzene rings is 1. The highest BCUT2D eigenvalue weighted by molar-refractivity contribution is 5.29. The van der Waals surface area contributed by atoms with E-state index in [-0.39, 0.29) is 11.9 Å². The molecule has 1 atom stereocenters. The summed E-state index contributed by atoms with van der Waals surface area (Å²) in [6.45, 7) is 4.97. The Morgan fingerprint density at radius 3 is 2.89 bits per heavy atom. The largest absolute Gasteiger partial charge is 0.335 e. The molecule has 0 spiro atoms. The number of aromatic nitrogens is 2. The number of nitrogens with one attached hydrogen (secondary N) is 1. The van der Waals surface area contributed by atoms with Crippen molar-refractivity contribution in [3.8, 4) is 0 Å². The third kappa shape index (κ3) is 3.01. The second kappa shape index (κ2) is 5.97. The lowest BCUT2D eigenvalue weighted by Crippen LogP contribution is -2.13. The van der Waals surface area contributed by atoms with E-state index in [4.69, 9.17) is 0 Å². The van der Waals surface area contributed by atoms with Crippen molar-refractivity contribution in [3.05, 3.63) is 53.4 Å². The van der Waals surface area contributed by atoms with E-state index in [9.17, 15) is 4.39 Å². The fraction of sp³-hybridized carbons (Fsp3) is 0.400. The minimum absolute atomic E-state index is 0.169. The molecular formula is C15H20FN3. The number of imidazole rings is 1. The highest BCUT2D eigenvalue weighted by Crippen LogP contribution is 2.19. The van der Waals surface area contributed by atoms with Crippen LogP contribution in [0, 0.1) is 5.82 Å². The van der Waals surface area contributed by atoms with Crippen LogP contribution < -0.4 is 5.32 Å². The van der Waals surface area contributed by atoms with Gasteiger partial charge in [0.25, 0.3) is 0 Å². The SMILES string of the molecule is CCn1ccnc1Cc1cc(C(C)NC)ccc1F. The Bertz CT molecular complexity index is 548. The summed E-state index contributed by atoms with van der Waals surface area (Å²) < 4.78 is 15.9. The fourth-order valence-corrected chi connectivity index (χ4v) is 2.13.